The fraction of sp³-hybridized carbons (Fsp3) is 0.316. The number of aromatic nitrogens is 1. The van der Waals surface area contributed by atoms with Crippen LogP contribution in [0.4, 0.5) is 11.5 Å². The van der Waals surface area contributed by atoms with Crippen LogP contribution in [-0.4, -0.2) is 48.3 Å². The largest absolute Gasteiger partial charge is 0.384 e. The maximum absolute atomic E-state index is 10.8. The van der Waals surface area contributed by atoms with E-state index in [0.29, 0.717) is 18.9 Å². The fourth-order valence-electron chi connectivity index (χ4n) is 2.10. The third-order valence-electron chi connectivity index (χ3n) is 3.36. The summed E-state index contributed by atoms with van der Waals surface area (Å²) >= 11 is 0. The summed E-state index contributed by atoms with van der Waals surface area (Å²) in [6.07, 6.45) is 1.57. The summed E-state index contributed by atoms with van der Waals surface area (Å²) in [7, 11) is 1.85. The third kappa shape index (κ3) is 7.30. The molecule has 0 aliphatic carbocycles. The van der Waals surface area contributed by atoms with E-state index >= 15 is 0 Å². The number of hydrogen-bond donors (Lipinski definition) is 2. The molecule has 2 rings (SSSR count). The Hall–Kier alpha value is -2.95. The highest BCUT2D eigenvalue weighted by Gasteiger charge is 2.18. The number of benzene rings is 1. The van der Waals surface area contributed by atoms with Crippen molar-refractivity contribution in [1.82, 2.24) is 10.3 Å². The summed E-state index contributed by atoms with van der Waals surface area (Å²) in [6.45, 7) is 4.04. The minimum atomic E-state index is -0.398. The van der Waals surface area contributed by atoms with Gasteiger partial charge in [-0.1, -0.05) is 30.0 Å². The summed E-state index contributed by atoms with van der Waals surface area (Å²) in [6, 6.07) is 12.6. The molecule has 0 saturated carbocycles. The van der Waals surface area contributed by atoms with Gasteiger partial charge in [0, 0.05) is 37.5 Å². The highest BCUT2D eigenvalue weighted by molar-refractivity contribution is 5.57. The van der Waals surface area contributed by atoms with Crippen LogP contribution in [0.3, 0.4) is 0 Å². The lowest BCUT2D eigenvalue weighted by atomic mass is 10.2. The van der Waals surface area contributed by atoms with Crippen molar-refractivity contribution in [3.05, 3.63) is 64.3 Å². The average molecular weight is 356 g/mol. The lowest BCUT2D eigenvalue weighted by molar-refractivity contribution is -0.384. The van der Waals surface area contributed by atoms with Gasteiger partial charge in [-0.05, 0) is 32.2 Å². The van der Waals surface area contributed by atoms with Crippen molar-refractivity contribution >= 4 is 11.5 Å². The number of rotatable bonds is 6. The number of aliphatic hydroxyl groups is 1. The molecule has 0 spiro atoms. The smallest absolute Gasteiger partial charge is 0.311 e. The molecular formula is C19H24N4O3. The van der Waals surface area contributed by atoms with E-state index in [1.54, 1.807) is 12.3 Å². The van der Waals surface area contributed by atoms with Crippen LogP contribution < -0.4 is 10.2 Å². The number of pyridine rings is 1. The first kappa shape index (κ1) is 21.1. The van der Waals surface area contributed by atoms with Crippen LogP contribution in [0, 0.1) is 22.0 Å². The maximum atomic E-state index is 10.8. The van der Waals surface area contributed by atoms with Crippen molar-refractivity contribution in [2.45, 2.75) is 6.92 Å². The molecule has 0 bridgehead atoms. The van der Waals surface area contributed by atoms with Crippen LogP contribution in [0.1, 0.15) is 12.5 Å². The van der Waals surface area contributed by atoms with E-state index in [-0.39, 0.29) is 12.3 Å². The maximum Gasteiger partial charge on any atom is 0.311 e. The van der Waals surface area contributed by atoms with Crippen molar-refractivity contribution in [1.29, 1.82) is 0 Å². The minimum absolute atomic E-state index is 0.0560. The number of nitrogens with zero attached hydrogens (tertiary/aromatic N) is 3. The summed E-state index contributed by atoms with van der Waals surface area (Å²) in [4.78, 5) is 16.4. The minimum Gasteiger partial charge on any atom is -0.384 e. The summed E-state index contributed by atoms with van der Waals surface area (Å²) in [5.74, 6) is 5.80. The van der Waals surface area contributed by atoms with Crippen molar-refractivity contribution < 1.29 is 10.0 Å². The SMILES string of the molecule is CCN(CCNC)c1ncccc1[N+](=O)[O-].OCC#Cc1ccccc1. The van der Waals surface area contributed by atoms with E-state index in [9.17, 15) is 10.1 Å². The van der Waals surface area contributed by atoms with E-state index in [0.717, 1.165) is 12.1 Å². The topological polar surface area (TPSA) is 91.5 Å². The third-order valence-corrected chi connectivity index (χ3v) is 3.36. The van der Waals surface area contributed by atoms with Crippen molar-refractivity contribution in [2.75, 3.05) is 38.2 Å². The number of likely N-dealkylation sites (N-methyl/N-ethyl adjacent to an activating group) is 2. The van der Waals surface area contributed by atoms with E-state index < -0.39 is 4.92 Å². The quantitative estimate of drug-likeness (QED) is 0.468. The van der Waals surface area contributed by atoms with Gasteiger partial charge in [0.05, 0.1) is 4.92 Å². The summed E-state index contributed by atoms with van der Waals surface area (Å²) in [5.41, 5.74) is 0.997. The van der Waals surface area contributed by atoms with Crippen molar-refractivity contribution in [3.63, 3.8) is 0 Å². The standard InChI is InChI=1S/C10H16N4O2.C9H8O/c1-3-13(8-7-11-2)10-9(14(15)16)5-4-6-12-10;10-8-4-7-9-5-2-1-3-6-9/h4-6,11H,3,7-8H2,1-2H3;1-3,5-6,10H,8H2. The lowest BCUT2D eigenvalue weighted by Gasteiger charge is -2.21. The van der Waals surface area contributed by atoms with E-state index in [1.807, 2.05) is 49.2 Å². The first-order valence-corrected chi connectivity index (χ1v) is 8.27. The number of aliphatic hydroxyl groups excluding tert-OH is 1. The molecule has 0 unspecified atom stereocenters. The molecule has 0 aliphatic rings. The van der Waals surface area contributed by atoms with Gasteiger partial charge in [-0.15, -0.1) is 0 Å². The molecule has 0 radical (unpaired) electrons. The van der Waals surface area contributed by atoms with Gasteiger partial charge in [-0.3, -0.25) is 10.1 Å². The Morgan fingerprint density at radius 3 is 2.58 bits per heavy atom. The first-order chi connectivity index (χ1) is 12.6. The van der Waals surface area contributed by atoms with Crippen LogP contribution in [0.15, 0.2) is 48.7 Å². The van der Waals surface area contributed by atoms with Crippen LogP contribution >= 0.6 is 0 Å². The van der Waals surface area contributed by atoms with Gasteiger partial charge in [0.25, 0.3) is 0 Å². The van der Waals surface area contributed by atoms with Crippen molar-refractivity contribution in [2.24, 2.45) is 0 Å². The monoisotopic (exact) mass is 356 g/mol. The zero-order chi connectivity index (χ0) is 19.2. The first-order valence-electron chi connectivity index (χ1n) is 8.27. The normalized spacial score (nSPS) is 9.35. The lowest BCUT2D eigenvalue weighted by Crippen LogP contribution is -2.31. The van der Waals surface area contributed by atoms with Crippen molar-refractivity contribution in [3.8, 4) is 11.8 Å². The molecule has 0 fully saturated rings. The Morgan fingerprint density at radius 2 is 2.00 bits per heavy atom. The van der Waals surface area contributed by atoms with E-state index in [2.05, 4.69) is 22.1 Å². The van der Waals surface area contributed by atoms with Crippen LogP contribution in [0.25, 0.3) is 0 Å². The van der Waals surface area contributed by atoms with E-state index in [1.165, 1.54) is 6.07 Å². The molecular weight excluding hydrogens is 332 g/mol. The number of nitrogens with one attached hydrogen (secondary N) is 1. The van der Waals surface area contributed by atoms with E-state index in [4.69, 9.17) is 5.11 Å². The Kier molecular flexibility index (Phi) is 10.1. The number of nitro groups is 1. The van der Waals surface area contributed by atoms with Crippen LogP contribution in [-0.2, 0) is 0 Å². The van der Waals surface area contributed by atoms with Crippen LogP contribution in [0.5, 0.6) is 0 Å². The molecule has 0 aliphatic heterocycles. The number of anilines is 1. The van der Waals surface area contributed by atoms with Gasteiger partial charge >= 0.3 is 5.69 Å². The van der Waals surface area contributed by atoms with Crippen LogP contribution in [0.2, 0.25) is 0 Å². The summed E-state index contributed by atoms with van der Waals surface area (Å²) < 4.78 is 0. The summed E-state index contributed by atoms with van der Waals surface area (Å²) in [5, 5.41) is 22.2. The molecule has 138 valence electrons. The molecule has 7 nitrogen and oxygen atoms in total. The molecule has 0 amide bonds. The Balaban J connectivity index is 0.000000289. The van der Waals surface area contributed by atoms with Gasteiger partial charge < -0.3 is 15.3 Å². The molecule has 0 saturated heterocycles. The second-order valence-electron chi connectivity index (χ2n) is 5.11. The van der Waals surface area contributed by atoms with Gasteiger partial charge in [0.15, 0.2) is 0 Å². The molecule has 2 N–H and O–H groups in total. The molecule has 26 heavy (non-hydrogen) atoms. The highest BCUT2D eigenvalue weighted by Crippen LogP contribution is 2.24. The molecule has 1 heterocycles. The fourth-order valence-corrected chi connectivity index (χ4v) is 2.10. The highest BCUT2D eigenvalue weighted by atomic mass is 16.6. The zero-order valence-corrected chi connectivity index (χ0v) is 15.1. The zero-order valence-electron chi connectivity index (χ0n) is 15.1. The van der Waals surface area contributed by atoms with Gasteiger partial charge in [-0.25, -0.2) is 4.98 Å². The Bertz CT molecular complexity index is 726. The second-order valence-corrected chi connectivity index (χ2v) is 5.11. The predicted octanol–water partition coefficient (Wildman–Crippen LogP) is 2.07. The Morgan fingerprint density at radius 1 is 1.27 bits per heavy atom. The predicted molar refractivity (Wildman–Crippen MR) is 103 cm³/mol. The number of hydrogen-bond acceptors (Lipinski definition) is 6. The molecule has 1 aromatic carbocycles. The van der Waals surface area contributed by atoms with Gasteiger partial charge in [-0.2, -0.15) is 0 Å². The molecule has 2 aromatic rings. The Labute approximate surface area is 153 Å². The molecule has 1 aromatic heterocycles. The molecule has 7 heteroatoms. The van der Waals surface area contributed by atoms with Gasteiger partial charge in [0.1, 0.15) is 6.61 Å². The van der Waals surface area contributed by atoms with Gasteiger partial charge in [0.2, 0.25) is 5.82 Å². The average Bonchev–Trinajstić information content (AvgIpc) is 2.68. The second kappa shape index (κ2) is 12.4. The molecule has 0 atom stereocenters.